The monoisotopic (exact) mass is 205 g/mol. The van der Waals surface area contributed by atoms with Crippen LogP contribution in [0.1, 0.15) is 36.7 Å². The van der Waals surface area contributed by atoms with Gasteiger partial charge in [-0.05, 0) is 45.2 Å². The van der Waals surface area contributed by atoms with Crippen LogP contribution in [0.15, 0.2) is 6.20 Å². The Kier molecular flexibility index (Phi) is 2.28. The lowest BCUT2D eigenvalue weighted by molar-refractivity contribution is 0.463. The third-order valence-electron chi connectivity index (χ3n) is 3.63. The Morgan fingerprint density at radius 2 is 2.33 bits per heavy atom. The molecular weight excluding hydrogens is 186 g/mol. The first-order valence-electron chi connectivity index (χ1n) is 6.07. The van der Waals surface area contributed by atoms with E-state index in [9.17, 15) is 0 Å². The van der Waals surface area contributed by atoms with Crippen molar-refractivity contribution in [2.24, 2.45) is 5.92 Å². The van der Waals surface area contributed by atoms with E-state index in [0.29, 0.717) is 0 Å². The highest BCUT2D eigenvalue weighted by molar-refractivity contribution is 5.13. The van der Waals surface area contributed by atoms with Crippen LogP contribution in [0, 0.1) is 12.8 Å². The zero-order chi connectivity index (χ0) is 10.3. The summed E-state index contributed by atoms with van der Waals surface area (Å²) in [5.41, 5.74) is 1.34. The fraction of sp³-hybridized carbons (Fsp3) is 0.750. The van der Waals surface area contributed by atoms with Crippen LogP contribution in [0.5, 0.6) is 0 Å². The first kappa shape index (κ1) is 9.40. The predicted molar refractivity (Wildman–Crippen MR) is 59.9 cm³/mol. The molecule has 1 saturated heterocycles. The van der Waals surface area contributed by atoms with Gasteiger partial charge < -0.3 is 9.88 Å². The number of nitrogens with one attached hydrogen (secondary N) is 1. The minimum Gasteiger partial charge on any atom is -0.332 e. The van der Waals surface area contributed by atoms with E-state index in [1.165, 1.54) is 50.4 Å². The lowest BCUT2D eigenvalue weighted by atomic mass is 10.1. The van der Waals surface area contributed by atoms with Gasteiger partial charge in [0.15, 0.2) is 0 Å². The summed E-state index contributed by atoms with van der Waals surface area (Å²) in [6, 6.07) is 0. The van der Waals surface area contributed by atoms with E-state index >= 15 is 0 Å². The van der Waals surface area contributed by atoms with E-state index < -0.39 is 0 Å². The number of rotatable bonds is 3. The van der Waals surface area contributed by atoms with Crippen molar-refractivity contribution in [3.05, 3.63) is 17.7 Å². The Hall–Kier alpha value is -0.830. The van der Waals surface area contributed by atoms with E-state index in [1.54, 1.807) is 0 Å². The highest BCUT2D eigenvalue weighted by Crippen LogP contribution is 2.39. The molecule has 1 atom stereocenters. The molecule has 1 unspecified atom stereocenters. The summed E-state index contributed by atoms with van der Waals surface area (Å²) in [5, 5.41) is 3.43. The molecule has 1 saturated carbocycles. The highest BCUT2D eigenvalue weighted by atomic mass is 15.1. The highest BCUT2D eigenvalue weighted by Gasteiger charge is 2.29. The minimum atomic E-state index is 0.771. The fourth-order valence-corrected chi connectivity index (χ4v) is 2.51. The predicted octanol–water partition coefficient (Wildman–Crippen LogP) is 1.68. The van der Waals surface area contributed by atoms with Gasteiger partial charge in [0.05, 0.1) is 0 Å². The molecule has 0 spiro atoms. The van der Waals surface area contributed by atoms with Gasteiger partial charge in [0, 0.05) is 24.4 Å². The Labute approximate surface area is 90.9 Å². The average molecular weight is 205 g/mol. The summed E-state index contributed by atoms with van der Waals surface area (Å²) >= 11 is 0. The molecule has 0 aromatic carbocycles. The van der Waals surface area contributed by atoms with Crippen LogP contribution in [-0.2, 0) is 6.54 Å². The molecule has 1 aromatic rings. The Morgan fingerprint density at radius 3 is 3.00 bits per heavy atom. The van der Waals surface area contributed by atoms with Gasteiger partial charge in [-0.1, -0.05) is 0 Å². The van der Waals surface area contributed by atoms with Crippen molar-refractivity contribution in [3.8, 4) is 0 Å². The second-order valence-electron chi connectivity index (χ2n) is 5.00. The van der Waals surface area contributed by atoms with Crippen molar-refractivity contribution in [1.82, 2.24) is 14.9 Å². The molecule has 1 aliphatic carbocycles. The number of aryl methyl sites for hydroxylation is 1. The summed E-state index contributed by atoms with van der Waals surface area (Å²) in [5.74, 6) is 2.93. The first-order valence-corrected chi connectivity index (χ1v) is 6.07. The van der Waals surface area contributed by atoms with Crippen LogP contribution in [0.25, 0.3) is 0 Å². The second kappa shape index (κ2) is 3.63. The van der Waals surface area contributed by atoms with Crippen LogP contribution in [0.2, 0.25) is 0 Å². The summed E-state index contributed by atoms with van der Waals surface area (Å²) < 4.78 is 2.45. The molecule has 3 rings (SSSR count). The average Bonchev–Trinajstić information content (AvgIpc) is 2.82. The quantitative estimate of drug-likeness (QED) is 0.813. The number of hydrogen-bond acceptors (Lipinski definition) is 2. The summed E-state index contributed by atoms with van der Waals surface area (Å²) in [7, 11) is 0. The second-order valence-corrected chi connectivity index (χ2v) is 5.00. The molecule has 1 N–H and O–H groups in total. The SMILES string of the molecule is Cc1cnc(C2CC2)n1CC1CCNC1. The van der Waals surface area contributed by atoms with Crippen LogP contribution in [0.3, 0.4) is 0 Å². The van der Waals surface area contributed by atoms with Crippen LogP contribution >= 0.6 is 0 Å². The van der Waals surface area contributed by atoms with Gasteiger partial charge in [-0.2, -0.15) is 0 Å². The fourth-order valence-electron chi connectivity index (χ4n) is 2.51. The maximum atomic E-state index is 4.56. The van der Waals surface area contributed by atoms with E-state index in [0.717, 1.165) is 11.8 Å². The van der Waals surface area contributed by atoms with Gasteiger partial charge in [0.25, 0.3) is 0 Å². The van der Waals surface area contributed by atoms with Crippen LogP contribution in [-0.4, -0.2) is 22.6 Å². The number of nitrogens with zero attached hydrogens (tertiary/aromatic N) is 2. The van der Waals surface area contributed by atoms with Crippen molar-refractivity contribution in [2.45, 2.75) is 38.6 Å². The topological polar surface area (TPSA) is 29.9 Å². The molecule has 2 fully saturated rings. The van der Waals surface area contributed by atoms with Gasteiger partial charge in [0.1, 0.15) is 5.82 Å². The maximum absolute atomic E-state index is 4.56. The number of imidazole rings is 1. The normalized spacial score (nSPS) is 26.1. The summed E-state index contributed by atoms with van der Waals surface area (Å²) in [6.07, 6.45) is 6.05. The third-order valence-corrected chi connectivity index (χ3v) is 3.63. The Balaban J connectivity index is 1.79. The van der Waals surface area contributed by atoms with Gasteiger partial charge in [0.2, 0.25) is 0 Å². The Morgan fingerprint density at radius 1 is 1.47 bits per heavy atom. The van der Waals surface area contributed by atoms with E-state index in [-0.39, 0.29) is 0 Å². The lowest BCUT2D eigenvalue weighted by Crippen LogP contribution is -2.16. The van der Waals surface area contributed by atoms with Crippen molar-refractivity contribution in [2.75, 3.05) is 13.1 Å². The number of hydrogen-bond donors (Lipinski definition) is 1. The van der Waals surface area contributed by atoms with Crippen molar-refractivity contribution < 1.29 is 0 Å². The molecule has 82 valence electrons. The zero-order valence-corrected chi connectivity index (χ0v) is 9.37. The van der Waals surface area contributed by atoms with E-state index in [4.69, 9.17) is 0 Å². The van der Waals surface area contributed by atoms with Gasteiger partial charge in [-0.25, -0.2) is 4.98 Å². The summed E-state index contributed by atoms with van der Waals surface area (Å²) in [6.45, 7) is 5.73. The molecule has 2 heterocycles. The lowest BCUT2D eigenvalue weighted by Gasteiger charge is -2.14. The molecule has 2 aliphatic rings. The first-order chi connectivity index (χ1) is 7.34. The van der Waals surface area contributed by atoms with Crippen LogP contribution < -0.4 is 5.32 Å². The smallest absolute Gasteiger partial charge is 0.111 e. The third kappa shape index (κ3) is 1.81. The summed E-state index contributed by atoms with van der Waals surface area (Å²) in [4.78, 5) is 4.56. The molecule has 3 heteroatoms. The van der Waals surface area contributed by atoms with Gasteiger partial charge >= 0.3 is 0 Å². The minimum absolute atomic E-state index is 0.771. The standard InChI is InChI=1S/C12H19N3/c1-9-6-14-12(11-2-3-11)15(9)8-10-4-5-13-7-10/h6,10-11,13H,2-5,7-8H2,1H3. The van der Waals surface area contributed by atoms with E-state index in [1.807, 2.05) is 6.20 Å². The number of aromatic nitrogens is 2. The van der Waals surface area contributed by atoms with Gasteiger partial charge in [-0.15, -0.1) is 0 Å². The van der Waals surface area contributed by atoms with E-state index in [2.05, 4.69) is 21.8 Å². The van der Waals surface area contributed by atoms with Crippen molar-refractivity contribution in [1.29, 1.82) is 0 Å². The molecular formula is C12H19N3. The molecule has 0 radical (unpaired) electrons. The maximum Gasteiger partial charge on any atom is 0.111 e. The van der Waals surface area contributed by atoms with Crippen molar-refractivity contribution >= 4 is 0 Å². The van der Waals surface area contributed by atoms with Gasteiger partial charge in [-0.3, -0.25) is 0 Å². The Bertz CT molecular complexity index is 346. The van der Waals surface area contributed by atoms with Crippen LogP contribution in [0.4, 0.5) is 0 Å². The molecule has 1 aromatic heterocycles. The largest absolute Gasteiger partial charge is 0.332 e. The molecule has 15 heavy (non-hydrogen) atoms. The molecule has 0 bridgehead atoms. The zero-order valence-electron chi connectivity index (χ0n) is 9.37. The van der Waals surface area contributed by atoms with Crippen molar-refractivity contribution in [3.63, 3.8) is 0 Å². The molecule has 0 amide bonds. The molecule has 3 nitrogen and oxygen atoms in total. The molecule has 1 aliphatic heterocycles.